The predicted octanol–water partition coefficient (Wildman–Crippen LogP) is 7.23. The van der Waals surface area contributed by atoms with Crippen molar-refractivity contribution in [3.05, 3.63) is 89.0 Å². The molecule has 0 unspecified atom stereocenters. The highest BCUT2D eigenvalue weighted by Crippen LogP contribution is 2.52. The van der Waals surface area contributed by atoms with Gasteiger partial charge in [0.1, 0.15) is 18.1 Å². The number of para-hydroxylation sites is 1. The van der Waals surface area contributed by atoms with E-state index in [0.29, 0.717) is 11.8 Å². The summed E-state index contributed by atoms with van der Waals surface area (Å²) in [5.41, 5.74) is 12.0. The van der Waals surface area contributed by atoms with Gasteiger partial charge in [-0.3, -0.25) is 4.98 Å². The summed E-state index contributed by atoms with van der Waals surface area (Å²) in [4.78, 5) is 4.48. The first-order valence-electron chi connectivity index (χ1n) is 12.4. The first-order valence-corrected chi connectivity index (χ1v) is 12.4. The Morgan fingerprint density at radius 1 is 0.912 bits per heavy atom. The summed E-state index contributed by atoms with van der Waals surface area (Å²) in [7, 11) is 2.17. The van der Waals surface area contributed by atoms with E-state index < -0.39 is 0 Å². The van der Waals surface area contributed by atoms with Gasteiger partial charge < -0.3 is 0 Å². The summed E-state index contributed by atoms with van der Waals surface area (Å²) in [6.07, 6.45) is 8.42. The minimum atomic E-state index is -0.124. The number of nitrogens with zero attached hydrogens (tertiary/aromatic N) is 3. The minimum absolute atomic E-state index is 0.124. The lowest BCUT2D eigenvalue weighted by atomic mass is 9.79. The Balaban J connectivity index is 1.87. The molecule has 2 heterocycles. The van der Waals surface area contributed by atoms with Crippen molar-refractivity contribution in [1.29, 1.82) is 0 Å². The molecule has 3 heteroatoms. The first kappa shape index (κ1) is 22.6. The molecule has 0 amide bonds. The third-order valence-corrected chi connectivity index (χ3v) is 7.63. The fraction of sp³-hybridized carbons (Fsp3) is 0.355. The summed E-state index contributed by atoms with van der Waals surface area (Å²) < 4.78 is 4.74. The van der Waals surface area contributed by atoms with Gasteiger partial charge in [0.2, 0.25) is 0 Å². The average molecular weight is 451 g/mol. The highest BCUT2D eigenvalue weighted by atomic mass is 15.1. The fourth-order valence-electron chi connectivity index (χ4n) is 5.88. The molecule has 1 aliphatic rings. The number of aryl methyl sites for hydroxylation is 2. The van der Waals surface area contributed by atoms with Crippen molar-refractivity contribution in [2.75, 3.05) is 0 Å². The largest absolute Gasteiger partial charge is 0.294 e. The van der Waals surface area contributed by atoms with E-state index in [1.165, 1.54) is 56.0 Å². The number of fused-ring (bicyclic) bond motifs is 3. The predicted molar refractivity (Wildman–Crippen MR) is 141 cm³/mol. The first-order chi connectivity index (χ1) is 16.1. The van der Waals surface area contributed by atoms with Gasteiger partial charge in [0.05, 0.1) is 12.6 Å². The molecule has 0 saturated carbocycles. The van der Waals surface area contributed by atoms with Gasteiger partial charge in [-0.15, -0.1) is 0 Å². The Hall–Kier alpha value is -3.20. The van der Waals surface area contributed by atoms with Crippen LogP contribution in [0, 0.1) is 6.92 Å². The van der Waals surface area contributed by atoms with Crippen LogP contribution < -0.4 is 4.57 Å². The van der Waals surface area contributed by atoms with Crippen LogP contribution >= 0.6 is 0 Å². The molecule has 34 heavy (non-hydrogen) atoms. The zero-order valence-corrected chi connectivity index (χ0v) is 21.8. The van der Waals surface area contributed by atoms with Crippen LogP contribution in [0.1, 0.15) is 81.2 Å². The number of pyridine rings is 1. The van der Waals surface area contributed by atoms with Gasteiger partial charge in [0, 0.05) is 28.9 Å². The van der Waals surface area contributed by atoms with Gasteiger partial charge in [0.15, 0.2) is 0 Å². The van der Waals surface area contributed by atoms with Crippen molar-refractivity contribution in [1.82, 2.24) is 9.55 Å². The molecule has 0 radical (unpaired) electrons. The van der Waals surface area contributed by atoms with Gasteiger partial charge in [-0.25, -0.2) is 4.57 Å². The molecule has 1 aliphatic carbocycles. The third kappa shape index (κ3) is 3.17. The van der Waals surface area contributed by atoms with Crippen molar-refractivity contribution in [3.63, 3.8) is 0 Å². The molecule has 0 saturated heterocycles. The van der Waals surface area contributed by atoms with Crippen molar-refractivity contribution < 1.29 is 4.57 Å². The van der Waals surface area contributed by atoms with E-state index in [9.17, 15) is 0 Å². The Labute approximate surface area is 204 Å². The fourth-order valence-corrected chi connectivity index (χ4v) is 5.88. The monoisotopic (exact) mass is 450 g/mol. The summed E-state index contributed by atoms with van der Waals surface area (Å²) in [6.45, 7) is 16.1. The highest BCUT2D eigenvalue weighted by Gasteiger charge is 2.41. The topological polar surface area (TPSA) is 21.7 Å². The quantitative estimate of drug-likeness (QED) is 0.301. The SMILES string of the molecule is Cc1ccc2c(c1-c1n(-c3c(C(C)C)cccc3C(C)C)cc[n+]1C)C(C)(C)c1cnccc1-2. The second kappa shape index (κ2) is 7.94. The maximum Gasteiger partial charge on any atom is 0.294 e. The van der Waals surface area contributed by atoms with Crippen molar-refractivity contribution in [2.24, 2.45) is 7.05 Å². The van der Waals surface area contributed by atoms with Crippen LogP contribution in [0.4, 0.5) is 0 Å². The van der Waals surface area contributed by atoms with Gasteiger partial charge in [-0.05, 0) is 52.6 Å². The van der Waals surface area contributed by atoms with Crippen LogP contribution in [0.5, 0.6) is 0 Å². The van der Waals surface area contributed by atoms with Crippen LogP contribution in [0.2, 0.25) is 0 Å². The molecule has 5 rings (SSSR count). The summed E-state index contributed by atoms with van der Waals surface area (Å²) >= 11 is 0. The Bertz CT molecular complexity index is 1380. The minimum Gasteiger partial charge on any atom is -0.264 e. The van der Waals surface area contributed by atoms with E-state index in [-0.39, 0.29) is 5.41 Å². The van der Waals surface area contributed by atoms with Gasteiger partial charge >= 0.3 is 0 Å². The van der Waals surface area contributed by atoms with Gasteiger partial charge in [-0.1, -0.05) is 71.9 Å². The number of benzene rings is 2. The second-order valence-corrected chi connectivity index (χ2v) is 10.9. The zero-order chi connectivity index (χ0) is 24.4. The van der Waals surface area contributed by atoms with Crippen LogP contribution in [0.25, 0.3) is 28.2 Å². The average Bonchev–Trinajstić information content (AvgIpc) is 3.28. The lowest BCUT2D eigenvalue weighted by molar-refractivity contribution is -0.659. The molecule has 0 fully saturated rings. The second-order valence-electron chi connectivity index (χ2n) is 10.9. The van der Waals surface area contributed by atoms with E-state index in [4.69, 9.17) is 0 Å². The Morgan fingerprint density at radius 3 is 2.24 bits per heavy atom. The number of hydrogen-bond acceptors (Lipinski definition) is 1. The lowest BCUT2D eigenvalue weighted by Gasteiger charge is -2.25. The van der Waals surface area contributed by atoms with Crippen LogP contribution in [-0.2, 0) is 12.5 Å². The van der Waals surface area contributed by atoms with Gasteiger partial charge in [-0.2, -0.15) is 4.57 Å². The van der Waals surface area contributed by atoms with Crippen LogP contribution in [-0.4, -0.2) is 9.55 Å². The molecule has 3 nitrogen and oxygen atoms in total. The smallest absolute Gasteiger partial charge is 0.264 e. The molecule has 174 valence electrons. The van der Waals surface area contributed by atoms with E-state index in [2.05, 4.69) is 125 Å². The number of hydrogen-bond donors (Lipinski definition) is 0. The van der Waals surface area contributed by atoms with Crippen LogP contribution in [0.3, 0.4) is 0 Å². The number of imidazole rings is 1. The van der Waals surface area contributed by atoms with E-state index in [1.54, 1.807) is 0 Å². The van der Waals surface area contributed by atoms with E-state index in [1.807, 2.05) is 6.20 Å². The molecule has 4 aromatic rings. The molecule has 0 N–H and O–H groups in total. The standard InChI is InChI=1S/C31H36N3/c1-19(2)22-10-9-11-23(20(3)4)29(22)34-17-16-33(8)30(34)27-21(5)12-13-25-24-14-15-32-18-26(24)31(6,7)28(25)27/h9-20H,1-8H3/q+1. The summed E-state index contributed by atoms with van der Waals surface area (Å²) in [5.74, 6) is 2.10. The molecule has 0 spiro atoms. The molecule has 0 atom stereocenters. The van der Waals surface area contributed by atoms with Crippen molar-refractivity contribution in [3.8, 4) is 28.2 Å². The lowest BCUT2D eigenvalue weighted by Crippen LogP contribution is -2.31. The molecule has 0 bridgehead atoms. The van der Waals surface area contributed by atoms with Crippen LogP contribution in [0.15, 0.2) is 61.2 Å². The number of rotatable bonds is 4. The zero-order valence-electron chi connectivity index (χ0n) is 21.8. The normalized spacial score (nSPS) is 14.1. The van der Waals surface area contributed by atoms with Crippen molar-refractivity contribution in [2.45, 2.75) is 65.7 Å². The molecular formula is C31H36N3+. The highest BCUT2D eigenvalue weighted by molar-refractivity contribution is 5.87. The molecule has 2 aromatic heterocycles. The maximum atomic E-state index is 4.48. The van der Waals surface area contributed by atoms with E-state index in [0.717, 1.165) is 0 Å². The van der Waals surface area contributed by atoms with E-state index >= 15 is 0 Å². The Kier molecular flexibility index (Phi) is 5.27. The summed E-state index contributed by atoms with van der Waals surface area (Å²) in [6, 6.07) is 13.6. The molecule has 0 aliphatic heterocycles. The van der Waals surface area contributed by atoms with Gasteiger partial charge in [0.25, 0.3) is 5.82 Å². The molecule has 2 aromatic carbocycles. The maximum absolute atomic E-state index is 4.48. The molecular weight excluding hydrogens is 414 g/mol. The summed E-state index contributed by atoms with van der Waals surface area (Å²) in [5, 5.41) is 0. The Morgan fingerprint density at radius 2 is 1.59 bits per heavy atom. The third-order valence-electron chi connectivity index (χ3n) is 7.63. The number of aromatic nitrogens is 3. The van der Waals surface area contributed by atoms with Crippen molar-refractivity contribution >= 4 is 0 Å².